The lowest BCUT2D eigenvalue weighted by atomic mass is 10.1. The first kappa shape index (κ1) is 15.0. The van der Waals surface area contributed by atoms with Gasteiger partial charge in [-0.1, -0.05) is 29.4 Å². The summed E-state index contributed by atoms with van der Waals surface area (Å²) in [6.07, 6.45) is 2.80. The second-order valence-corrected chi connectivity index (χ2v) is 4.93. The van der Waals surface area contributed by atoms with Gasteiger partial charge in [0.1, 0.15) is 5.76 Å². The van der Waals surface area contributed by atoms with Crippen molar-refractivity contribution in [2.75, 3.05) is 11.4 Å². The van der Waals surface area contributed by atoms with E-state index in [1.807, 2.05) is 44.2 Å². The summed E-state index contributed by atoms with van der Waals surface area (Å²) in [7, 11) is 0. The van der Waals surface area contributed by atoms with E-state index in [4.69, 9.17) is 4.52 Å². The minimum Gasteiger partial charge on any atom is -0.361 e. The van der Waals surface area contributed by atoms with Gasteiger partial charge in [-0.15, -0.1) is 6.58 Å². The van der Waals surface area contributed by atoms with Crippen LogP contribution in [0.5, 0.6) is 0 Å². The molecule has 2 aromatic rings. The summed E-state index contributed by atoms with van der Waals surface area (Å²) >= 11 is 0. The smallest absolute Gasteiger partial charge is 0.227 e. The maximum absolute atomic E-state index is 12.5. The number of para-hydroxylation sites is 1. The van der Waals surface area contributed by atoms with Crippen molar-refractivity contribution >= 4 is 11.6 Å². The molecule has 0 aliphatic heterocycles. The number of rotatable bonds is 6. The Morgan fingerprint density at radius 3 is 2.62 bits per heavy atom. The predicted molar refractivity (Wildman–Crippen MR) is 83.3 cm³/mol. The number of carbonyl (C=O) groups excluding carboxylic acids is 1. The van der Waals surface area contributed by atoms with Crippen LogP contribution in [0.25, 0.3) is 0 Å². The Bertz CT molecular complexity index is 597. The van der Waals surface area contributed by atoms with Gasteiger partial charge in [0, 0.05) is 24.2 Å². The Morgan fingerprint density at radius 2 is 2.05 bits per heavy atom. The number of hydrogen-bond acceptors (Lipinski definition) is 3. The zero-order valence-corrected chi connectivity index (χ0v) is 12.5. The van der Waals surface area contributed by atoms with Gasteiger partial charge in [0.15, 0.2) is 0 Å². The van der Waals surface area contributed by atoms with Gasteiger partial charge in [-0.05, 0) is 32.4 Å². The van der Waals surface area contributed by atoms with Crippen molar-refractivity contribution in [2.45, 2.75) is 26.7 Å². The van der Waals surface area contributed by atoms with Gasteiger partial charge in [0.05, 0.1) is 5.69 Å². The van der Waals surface area contributed by atoms with Gasteiger partial charge in [-0.25, -0.2) is 0 Å². The largest absolute Gasteiger partial charge is 0.361 e. The van der Waals surface area contributed by atoms with Crippen LogP contribution in [0.3, 0.4) is 0 Å². The third-order valence-electron chi connectivity index (χ3n) is 3.45. The third kappa shape index (κ3) is 3.60. The molecule has 4 nitrogen and oxygen atoms in total. The molecule has 0 saturated carbocycles. The van der Waals surface area contributed by atoms with Crippen LogP contribution < -0.4 is 4.90 Å². The number of nitrogens with zero attached hydrogens (tertiary/aromatic N) is 2. The first-order valence-corrected chi connectivity index (χ1v) is 7.01. The Kier molecular flexibility index (Phi) is 4.93. The van der Waals surface area contributed by atoms with Gasteiger partial charge in [0.2, 0.25) is 5.91 Å². The molecule has 1 aromatic carbocycles. The SMILES string of the molecule is C=CCN(C(=O)CCc1c(C)noc1C)c1ccccc1. The predicted octanol–water partition coefficient (Wildman–Crippen LogP) is 3.44. The number of aromatic nitrogens is 1. The number of aryl methyl sites for hydroxylation is 2. The van der Waals surface area contributed by atoms with E-state index in [9.17, 15) is 4.79 Å². The van der Waals surface area contributed by atoms with Gasteiger partial charge in [-0.3, -0.25) is 4.79 Å². The van der Waals surface area contributed by atoms with Crippen LogP contribution >= 0.6 is 0 Å². The molecular weight excluding hydrogens is 264 g/mol. The molecule has 1 heterocycles. The van der Waals surface area contributed by atoms with Crippen molar-refractivity contribution in [3.05, 3.63) is 60.0 Å². The average Bonchev–Trinajstić information content (AvgIpc) is 2.82. The molecule has 0 radical (unpaired) electrons. The lowest BCUT2D eigenvalue weighted by Crippen LogP contribution is -2.31. The van der Waals surface area contributed by atoms with Crippen LogP contribution in [-0.4, -0.2) is 17.6 Å². The Balaban J connectivity index is 2.08. The highest BCUT2D eigenvalue weighted by Gasteiger charge is 2.16. The second kappa shape index (κ2) is 6.88. The van der Waals surface area contributed by atoms with E-state index >= 15 is 0 Å². The minimum absolute atomic E-state index is 0.0705. The van der Waals surface area contributed by atoms with Crippen LogP contribution in [0.4, 0.5) is 5.69 Å². The van der Waals surface area contributed by atoms with Crippen molar-refractivity contribution < 1.29 is 9.32 Å². The highest BCUT2D eigenvalue weighted by atomic mass is 16.5. The van der Waals surface area contributed by atoms with Gasteiger partial charge in [-0.2, -0.15) is 0 Å². The molecule has 0 aliphatic rings. The molecule has 0 fully saturated rings. The summed E-state index contributed by atoms with van der Waals surface area (Å²) in [5, 5.41) is 3.92. The third-order valence-corrected chi connectivity index (χ3v) is 3.45. The second-order valence-electron chi connectivity index (χ2n) is 4.93. The lowest BCUT2D eigenvalue weighted by Gasteiger charge is -2.21. The van der Waals surface area contributed by atoms with Crippen molar-refractivity contribution in [1.29, 1.82) is 0 Å². The zero-order chi connectivity index (χ0) is 15.2. The fourth-order valence-corrected chi connectivity index (χ4v) is 2.31. The molecule has 0 spiro atoms. The molecule has 0 atom stereocenters. The van der Waals surface area contributed by atoms with Crippen molar-refractivity contribution in [3.8, 4) is 0 Å². The van der Waals surface area contributed by atoms with Crippen LogP contribution in [0.1, 0.15) is 23.4 Å². The molecule has 4 heteroatoms. The maximum Gasteiger partial charge on any atom is 0.227 e. The van der Waals surface area contributed by atoms with Crippen LogP contribution in [-0.2, 0) is 11.2 Å². The average molecular weight is 284 g/mol. The fraction of sp³-hybridized carbons (Fsp3) is 0.294. The van der Waals surface area contributed by atoms with Crippen molar-refractivity contribution in [2.24, 2.45) is 0 Å². The molecule has 1 amide bonds. The Hall–Kier alpha value is -2.36. The summed E-state index contributed by atoms with van der Waals surface area (Å²) in [4.78, 5) is 14.2. The quantitative estimate of drug-likeness (QED) is 0.763. The van der Waals surface area contributed by atoms with E-state index in [2.05, 4.69) is 11.7 Å². The fourth-order valence-electron chi connectivity index (χ4n) is 2.31. The summed E-state index contributed by atoms with van der Waals surface area (Å²) < 4.78 is 5.13. The number of anilines is 1. The topological polar surface area (TPSA) is 46.3 Å². The van der Waals surface area contributed by atoms with Crippen LogP contribution in [0, 0.1) is 13.8 Å². The Labute approximate surface area is 125 Å². The summed E-state index contributed by atoms with van der Waals surface area (Å²) in [5.41, 5.74) is 2.77. The number of amides is 1. The number of benzene rings is 1. The molecule has 21 heavy (non-hydrogen) atoms. The summed E-state index contributed by atoms with van der Waals surface area (Å²) in [5.74, 6) is 0.858. The van der Waals surface area contributed by atoms with Gasteiger partial charge >= 0.3 is 0 Å². The lowest BCUT2D eigenvalue weighted by molar-refractivity contribution is -0.118. The van der Waals surface area contributed by atoms with E-state index in [0.717, 1.165) is 22.7 Å². The van der Waals surface area contributed by atoms with Gasteiger partial charge in [0.25, 0.3) is 0 Å². The first-order valence-electron chi connectivity index (χ1n) is 7.01. The van der Waals surface area contributed by atoms with Gasteiger partial charge < -0.3 is 9.42 Å². The molecule has 0 aliphatic carbocycles. The highest BCUT2D eigenvalue weighted by Crippen LogP contribution is 2.18. The van der Waals surface area contributed by atoms with E-state index in [0.29, 0.717) is 19.4 Å². The molecular formula is C17H20N2O2. The van der Waals surface area contributed by atoms with Crippen LogP contribution in [0.15, 0.2) is 47.5 Å². The molecule has 110 valence electrons. The van der Waals surface area contributed by atoms with Crippen molar-refractivity contribution in [1.82, 2.24) is 5.16 Å². The number of carbonyl (C=O) groups is 1. The molecule has 0 bridgehead atoms. The molecule has 0 saturated heterocycles. The van der Waals surface area contributed by atoms with E-state index in [1.54, 1.807) is 11.0 Å². The zero-order valence-electron chi connectivity index (χ0n) is 12.5. The first-order chi connectivity index (χ1) is 10.1. The minimum atomic E-state index is 0.0705. The molecule has 0 unspecified atom stereocenters. The molecule has 1 aromatic heterocycles. The molecule has 2 rings (SSSR count). The van der Waals surface area contributed by atoms with Crippen molar-refractivity contribution in [3.63, 3.8) is 0 Å². The summed E-state index contributed by atoms with van der Waals surface area (Å²) in [6, 6.07) is 9.64. The standard InChI is InChI=1S/C17H20N2O2/c1-4-12-19(15-8-6-5-7-9-15)17(20)11-10-16-13(2)18-21-14(16)3/h4-9H,1,10-12H2,2-3H3. The van der Waals surface area contributed by atoms with E-state index in [1.165, 1.54) is 0 Å². The van der Waals surface area contributed by atoms with E-state index < -0.39 is 0 Å². The molecule has 0 N–H and O–H groups in total. The highest BCUT2D eigenvalue weighted by molar-refractivity contribution is 5.93. The van der Waals surface area contributed by atoms with E-state index in [-0.39, 0.29) is 5.91 Å². The number of hydrogen-bond donors (Lipinski definition) is 0. The monoisotopic (exact) mass is 284 g/mol. The summed E-state index contributed by atoms with van der Waals surface area (Å²) in [6.45, 7) is 8.00. The van der Waals surface area contributed by atoms with Crippen LogP contribution in [0.2, 0.25) is 0 Å². The maximum atomic E-state index is 12.5. The normalized spacial score (nSPS) is 10.4. The Morgan fingerprint density at radius 1 is 1.33 bits per heavy atom.